The Morgan fingerprint density at radius 3 is 2.94 bits per heavy atom. The highest BCUT2D eigenvalue weighted by atomic mass is 32.2. The quantitative estimate of drug-likeness (QED) is 0.910. The van der Waals surface area contributed by atoms with E-state index in [1.165, 1.54) is 6.07 Å². The summed E-state index contributed by atoms with van der Waals surface area (Å²) in [7, 11) is 1.88. The maximum atomic E-state index is 13.6. The molecule has 2 rings (SSSR count). The molecular formula is C12H16FN3S. The number of nitrogens with zero attached hydrogens (tertiary/aromatic N) is 2. The molecule has 92 valence electrons. The van der Waals surface area contributed by atoms with Crippen LogP contribution in [0.4, 0.5) is 4.39 Å². The first-order chi connectivity index (χ1) is 8.15. The van der Waals surface area contributed by atoms with Gasteiger partial charge in [0.15, 0.2) is 5.82 Å². The molecule has 2 N–H and O–H groups in total. The second kappa shape index (κ2) is 5.06. The molecule has 1 aromatic carbocycles. The molecule has 17 heavy (non-hydrogen) atoms. The van der Waals surface area contributed by atoms with Crippen LogP contribution in [0.1, 0.15) is 18.3 Å². The van der Waals surface area contributed by atoms with E-state index < -0.39 is 0 Å². The van der Waals surface area contributed by atoms with Crippen LogP contribution in [0.15, 0.2) is 18.2 Å². The lowest BCUT2D eigenvalue weighted by Gasteiger charge is -2.10. The first kappa shape index (κ1) is 12.4. The summed E-state index contributed by atoms with van der Waals surface area (Å²) in [6, 6.07) is 4.83. The summed E-state index contributed by atoms with van der Waals surface area (Å²) in [4.78, 5) is 4.32. The van der Waals surface area contributed by atoms with E-state index in [9.17, 15) is 4.39 Å². The molecule has 1 unspecified atom stereocenters. The fraction of sp³-hybridized carbons (Fsp3) is 0.417. The lowest BCUT2D eigenvalue weighted by Crippen LogP contribution is -2.16. The number of hydrogen-bond donors (Lipinski definition) is 1. The molecule has 5 heteroatoms. The average molecular weight is 253 g/mol. The van der Waals surface area contributed by atoms with Gasteiger partial charge in [0.05, 0.1) is 11.6 Å². The SMILES string of the molecule is CSCCC(N)c1nc2c(F)cccc2n1C. The Bertz CT molecular complexity index is 524. The maximum absolute atomic E-state index is 13.6. The number of fused-ring (bicyclic) bond motifs is 1. The topological polar surface area (TPSA) is 43.8 Å². The molecule has 0 fully saturated rings. The fourth-order valence-electron chi connectivity index (χ4n) is 1.90. The van der Waals surface area contributed by atoms with Gasteiger partial charge < -0.3 is 10.3 Å². The van der Waals surface area contributed by atoms with Crippen LogP contribution in [0, 0.1) is 5.82 Å². The first-order valence-corrected chi connectivity index (χ1v) is 6.90. The lowest BCUT2D eigenvalue weighted by atomic mass is 10.2. The third-order valence-electron chi connectivity index (χ3n) is 2.86. The minimum absolute atomic E-state index is 0.140. The van der Waals surface area contributed by atoms with Crippen molar-refractivity contribution in [1.82, 2.24) is 9.55 Å². The molecule has 0 amide bonds. The monoisotopic (exact) mass is 253 g/mol. The number of halogens is 1. The zero-order chi connectivity index (χ0) is 12.4. The first-order valence-electron chi connectivity index (χ1n) is 5.50. The summed E-state index contributed by atoms with van der Waals surface area (Å²) < 4.78 is 15.5. The van der Waals surface area contributed by atoms with Crippen molar-refractivity contribution in [1.29, 1.82) is 0 Å². The van der Waals surface area contributed by atoms with Gasteiger partial charge in [0.25, 0.3) is 0 Å². The normalized spacial score (nSPS) is 13.2. The van der Waals surface area contributed by atoms with E-state index in [1.807, 2.05) is 23.9 Å². The number of rotatable bonds is 4. The van der Waals surface area contributed by atoms with Gasteiger partial charge in [-0.1, -0.05) is 6.07 Å². The van der Waals surface area contributed by atoms with Gasteiger partial charge in [-0.2, -0.15) is 11.8 Å². The van der Waals surface area contributed by atoms with E-state index in [0.717, 1.165) is 23.5 Å². The number of hydrogen-bond acceptors (Lipinski definition) is 3. The van der Waals surface area contributed by atoms with Crippen LogP contribution in [0.2, 0.25) is 0 Å². The van der Waals surface area contributed by atoms with Crippen LogP contribution in [0.3, 0.4) is 0 Å². The van der Waals surface area contributed by atoms with Gasteiger partial charge >= 0.3 is 0 Å². The third kappa shape index (κ3) is 2.30. The van der Waals surface area contributed by atoms with Gasteiger partial charge in [-0.3, -0.25) is 0 Å². The van der Waals surface area contributed by atoms with E-state index in [4.69, 9.17) is 5.73 Å². The molecule has 0 saturated heterocycles. The van der Waals surface area contributed by atoms with Crippen LogP contribution < -0.4 is 5.73 Å². The highest BCUT2D eigenvalue weighted by molar-refractivity contribution is 7.98. The minimum Gasteiger partial charge on any atom is -0.330 e. The molecule has 1 aromatic heterocycles. The summed E-state index contributed by atoms with van der Waals surface area (Å²) in [5.74, 6) is 1.44. The van der Waals surface area contributed by atoms with Crippen molar-refractivity contribution in [2.75, 3.05) is 12.0 Å². The summed E-state index contributed by atoms with van der Waals surface area (Å²) in [5.41, 5.74) is 7.28. The Kier molecular flexibility index (Phi) is 3.69. The molecule has 0 saturated carbocycles. The van der Waals surface area contributed by atoms with Gasteiger partial charge in [0, 0.05) is 7.05 Å². The number of thioether (sulfide) groups is 1. The number of imidazole rings is 1. The van der Waals surface area contributed by atoms with Crippen molar-refractivity contribution >= 4 is 22.8 Å². The Balaban J connectivity index is 2.41. The fourth-order valence-corrected chi connectivity index (χ4v) is 2.39. The summed E-state index contributed by atoms with van der Waals surface area (Å²) >= 11 is 1.75. The Morgan fingerprint density at radius 2 is 2.29 bits per heavy atom. The predicted octanol–water partition coefficient (Wildman–Crippen LogP) is 2.47. The van der Waals surface area contributed by atoms with E-state index >= 15 is 0 Å². The second-order valence-corrected chi connectivity index (χ2v) is 5.01. The van der Waals surface area contributed by atoms with Crippen LogP contribution in [-0.4, -0.2) is 21.6 Å². The Labute approximate surface area is 104 Å². The lowest BCUT2D eigenvalue weighted by molar-refractivity contribution is 0.623. The minimum atomic E-state index is -0.290. The average Bonchev–Trinajstić information content (AvgIpc) is 2.66. The third-order valence-corrected chi connectivity index (χ3v) is 3.51. The molecule has 0 radical (unpaired) electrons. The molecule has 0 aliphatic heterocycles. The standard InChI is InChI=1S/C12H16FN3S/c1-16-10-5-3-4-8(13)11(10)15-12(16)9(14)6-7-17-2/h3-5,9H,6-7,14H2,1-2H3. The summed E-state index contributed by atoms with van der Waals surface area (Å²) in [5, 5.41) is 0. The van der Waals surface area contributed by atoms with Crippen molar-refractivity contribution < 1.29 is 4.39 Å². The van der Waals surface area contributed by atoms with E-state index in [1.54, 1.807) is 17.8 Å². The molecule has 0 aliphatic rings. The van der Waals surface area contributed by atoms with Gasteiger partial charge in [-0.25, -0.2) is 9.37 Å². The second-order valence-electron chi connectivity index (χ2n) is 4.02. The van der Waals surface area contributed by atoms with Gasteiger partial charge in [-0.15, -0.1) is 0 Å². The molecule has 0 spiro atoms. The number of aromatic nitrogens is 2. The van der Waals surface area contributed by atoms with Crippen LogP contribution in [0.5, 0.6) is 0 Å². The van der Waals surface area contributed by atoms with Crippen molar-refractivity contribution in [2.24, 2.45) is 12.8 Å². The summed E-state index contributed by atoms with van der Waals surface area (Å²) in [6.07, 6.45) is 2.89. The van der Waals surface area contributed by atoms with E-state index in [0.29, 0.717) is 5.52 Å². The van der Waals surface area contributed by atoms with Crippen molar-refractivity contribution in [3.8, 4) is 0 Å². The Morgan fingerprint density at radius 1 is 1.53 bits per heavy atom. The van der Waals surface area contributed by atoms with Gasteiger partial charge in [-0.05, 0) is 30.6 Å². The smallest absolute Gasteiger partial charge is 0.151 e. The zero-order valence-corrected chi connectivity index (χ0v) is 10.8. The molecule has 1 heterocycles. The highest BCUT2D eigenvalue weighted by Crippen LogP contribution is 2.22. The molecule has 3 nitrogen and oxygen atoms in total. The van der Waals surface area contributed by atoms with E-state index in [2.05, 4.69) is 4.98 Å². The molecular weight excluding hydrogens is 237 g/mol. The number of para-hydroxylation sites is 1. The maximum Gasteiger partial charge on any atom is 0.151 e. The zero-order valence-electron chi connectivity index (χ0n) is 9.98. The van der Waals surface area contributed by atoms with Crippen LogP contribution in [-0.2, 0) is 7.05 Å². The van der Waals surface area contributed by atoms with Crippen molar-refractivity contribution in [3.63, 3.8) is 0 Å². The van der Waals surface area contributed by atoms with Crippen molar-refractivity contribution in [2.45, 2.75) is 12.5 Å². The largest absolute Gasteiger partial charge is 0.330 e. The number of nitrogens with two attached hydrogens (primary N) is 1. The molecule has 2 aromatic rings. The van der Waals surface area contributed by atoms with E-state index in [-0.39, 0.29) is 11.9 Å². The van der Waals surface area contributed by atoms with Crippen LogP contribution >= 0.6 is 11.8 Å². The van der Waals surface area contributed by atoms with Crippen molar-refractivity contribution in [3.05, 3.63) is 29.8 Å². The molecule has 1 atom stereocenters. The Hall–Kier alpha value is -1.07. The number of aryl methyl sites for hydroxylation is 1. The van der Waals surface area contributed by atoms with Gasteiger partial charge in [0.1, 0.15) is 11.3 Å². The highest BCUT2D eigenvalue weighted by Gasteiger charge is 2.16. The summed E-state index contributed by atoms with van der Waals surface area (Å²) in [6.45, 7) is 0. The molecule has 0 bridgehead atoms. The molecule has 0 aliphatic carbocycles. The number of benzene rings is 1. The van der Waals surface area contributed by atoms with Gasteiger partial charge in [0.2, 0.25) is 0 Å². The predicted molar refractivity (Wildman–Crippen MR) is 70.6 cm³/mol. The van der Waals surface area contributed by atoms with Crippen LogP contribution in [0.25, 0.3) is 11.0 Å².